The molecule has 0 amide bonds. The lowest BCUT2D eigenvalue weighted by Gasteiger charge is -2.04. The van der Waals surface area contributed by atoms with Crippen LogP contribution in [0.15, 0.2) is 28.7 Å². The van der Waals surface area contributed by atoms with Crippen molar-refractivity contribution in [2.45, 2.75) is 19.9 Å². The summed E-state index contributed by atoms with van der Waals surface area (Å²) in [6.07, 6.45) is 2.08. The van der Waals surface area contributed by atoms with E-state index in [1.54, 1.807) is 0 Å². The Bertz CT molecular complexity index is 658. The van der Waals surface area contributed by atoms with Crippen LogP contribution in [-0.2, 0) is 22.8 Å². The third kappa shape index (κ3) is 3.58. The molecule has 2 aromatic rings. The van der Waals surface area contributed by atoms with Gasteiger partial charge in [-0.25, -0.2) is 8.42 Å². The monoisotopic (exact) mass is 281 g/mol. The maximum absolute atomic E-state index is 11.1. The van der Waals surface area contributed by atoms with Gasteiger partial charge in [0.25, 0.3) is 0 Å². The smallest absolute Gasteiger partial charge is 0.148 e. The zero-order valence-electron chi connectivity index (χ0n) is 11.3. The van der Waals surface area contributed by atoms with Crippen molar-refractivity contribution in [2.75, 3.05) is 18.6 Å². The van der Waals surface area contributed by atoms with Gasteiger partial charge in [-0.1, -0.05) is 25.1 Å². The lowest BCUT2D eigenvalue weighted by atomic mass is 10.1. The van der Waals surface area contributed by atoms with E-state index < -0.39 is 9.84 Å². The van der Waals surface area contributed by atoms with Gasteiger partial charge in [-0.05, 0) is 6.07 Å². The molecule has 4 nitrogen and oxygen atoms in total. The lowest BCUT2D eigenvalue weighted by Crippen LogP contribution is -2.22. The largest absolute Gasteiger partial charge is 0.461 e. The number of fused-ring (bicyclic) bond motifs is 1. The topological polar surface area (TPSA) is 59.3 Å². The summed E-state index contributed by atoms with van der Waals surface area (Å²) in [6, 6.07) is 7.92. The summed E-state index contributed by atoms with van der Waals surface area (Å²) in [6.45, 7) is 3.15. The summed E-state index contributed by atoms with van der Waals surface area (Å²) in [5.41, 5.74) is 2.02. The van der Waals surface area contributed by atoms with Crippen molar-refractivity contribution in [3.8, 4) is 0 Å². The van der Waals surface area contributed by atoms with Crippen molar-refractivity contribution in [2.24, 2.45) is 0 Å². The number of para-hydroxylation sites is 1. The molecule has 0 aliphatic carbocycles. The van der Waals surface area contributed by atoms with Crippen LogP contribution in [0.4, 0.5) is 0 Å². The predicted octanol–water partition coefficient (Wildman–Crippen LogP) is 2.13. The second kappa shape index (κ2) is 5.75. The SMILES string of the molecule is CCc1oc2ccccc2c1CNCCS(C)(=O)=O. The van der Waals surface area contributed by atoms with Gasteiger partial charge < -0.3 is 9.73 Å². The normalized spacial score (nSPS) is 12.1. The zero-order chi connectivity index (χ0) is 13.9. The molecule has 1 N–H and O–H groups in total. The summed E-state index contributed by atoms with van der Waals surface area (Å²) in [7, 11) is -2.91. The number of sulfone groups is 1. The molecule has 0 atom stereocenters. The average molecular weight is 281 g/mol. The number of aryl methyl sites for hydroxylation is 1. The number of furan rings is 1. The van der Waals surface area contributed by atoms with Gasteiger partial charge in [-0.2, -0.15) is 0 Å². The molecule has 0 aliphatic heterocycles. The van der Waals surface area contributed by atoms with Gasteiger partial charge in [-0.3, -0.25) is 0 Å². The Morgan fingerprint density at radius 2 is 2.00 bits per heavy atom. The van der Waals surface area contributed by atoms with Gasteiger partial charge in [0.15, 0.2) is 0 Å². The molecule has 1 aromatic carbocycles. The predicted molar refractivity (Wildman–Crippen MR) is 77.0 cm³/mol. The first-order chi connectivity index (χ1) is 9.01. The Balaban J connectivity index is 2.11. The number of hydrogen-bond donors (Lipinski definition) is 1. The van der Waals surface area contributed by atoms with Gasteiger partial charge >= 0.3 is 0 Å². The minimum absolute atomic E-state index is 0.157. The van der Waals surface area contributed by atoms with Crippen molar-refractivity contribution < 1.29 is 12.8 Å². The zero-order valence-corrected chi connectivity index (χ0v) is 12.1. The summed E-state index contributed by atoms with van der Waals surface area (Å²) >= 11 is 0. The lowest BCUT2D eigenvalue weighted by molar-refractivity contribution is 0.545. The summed E-state index contributed by atoms with van der Waals surface area (Å²) < 4.78 is 27.9. The van der Waals surface area contributed by atoms with Crippen LogP contribution in [0.2, 0.25) is 0 Å². The van der Waals surface area contributed by atoms with Gasteiger partial charge in [0.05, 0.1) is 5.75 Å². The van der Waals surface area contributed by atoms with Gasteiger partial charge in [0.2, 0.25) is 0 Å². The Morgan fingerprint density at radius 3 is 2.68 bits per heavy atom. The molecule has 19 heavy (non-hydrogen) atoms. The molecule has 0 radical (unpaired) electrons. The number of rotatable bonds is 6. The molecule has 1 aromatic heterocycles. The van der Waals surface area contributed by atoms with E-state index in [-0.39, 0.29) is 5.75 Å². The molecule has 0 spiro atoms. The van der Waals surface area contributed by atoms with Crippen LogP contribution < -0.4 is 5.32 Å². The van der Waals surface area contributed by atoms with E-state index in [1.165, 1.54) is 6.26 Å². The summed E-state index contributed by atoms with van der Waals surface area (Å²) in [5.74, 6) is 1.12. The maximum atomic E-state index is 11.1. The van der Waals surface area contributed by atoms with Crippen molar-refractivity contribution in [3.63, 3.8) is 0 Å². The third-order valence-electron chi connectivity index (χ3n) is 3.05. The van der Waals surface area contributed by atoms with E-state index in [0.29, 0.717) is 13.1 Å². The highest BCUT2D eigenvalue weighted by Crippen LogP contribution is 2.25. The van der Waals surface area contributed by atoms with E-state index >= 15 is 0 Å². The Kier molecular flexibility index (Phi) is 4.27. The number of benzene rings is 1. The third-order valence-corrected chi connectivity index (χ3v) is 4.00. The van der Waals surface area contributed by atoms with E-state index in [2.05, 4.69) is 12.2 Å². The molecule has 0 aliphatic rings. The summed E-state index contributed by atoms with van der Waals surface area (Å²) in [5, 5.41) is 4.28. The number of hydrogen-bond acceptors (Lipinski definition) is 4. The van der Waals surface area contributed by atoms with Crippen LogP contribution in [0, 0.1) is 0 Å². The molecular weight excluding hydrogens is 262 g/mol. The molecule has 0 saturated carbocycles. The van der Waals surface area contributed by atoms with Crippen LogP contribution in [0.1, 0.15) is 18.2 Å². The molecule has 2 rings (SSSR count). The maximum Gasteiger partial charge on any atom is 0.148 e. The molecule has 5 heteroatoms. The van der Waals surface area contributed by atoms with E-state index in [1.807, 2.05) is 24.3 Å². The summed E-state index contributed by atoms with van der Waals surface area (Å²) in [4.78, 5) is 0. The highest BCUT2D eigenvalue weighted by Gasteiger charge is 2.12. The minimum Gasteiger partial charge on any atom is -0.461 e. The van der Waals surface area contributed by atoms with Crippen molar-refractivity contribution in [1.29, 1.82) is 0 Å². The second-order valence-electron chi connectivity index (χ2n) is 4.66. The first-order valence-electron chi connectivity index (χ1n) is 6.39. The molecule has 0 fully saturated rings. The number of nitrogens with one attached hydrogen (secondary N) is 1. The van der Waals surface area contributed by atoms with Crippen LogP contribution in [-0.4, -0.2) is 27.0 Å². The second-order valence-corrected chi connectivity index (χ2v) is 6.92. The molecule has 1 heterocycles. The fourth-order valence-electron chi connectivity index (χ4n) is 2.10. The Labute approximate surface area is 113 Å². The van der Waals surface area contributed by atoms with Gasteiger partial charge in [0, 0.05) is 36.7 Å². The first kappa shape index (κ1) is 14.1. The highest BCUT2D eigenvalue weighted by molar-refractivity contribution is 7.90. The van der Waals surface area contributed by atoms with E-state index in [4.69, 9.17) is 4.42 Å². The first-order valence-corrected chi connectivity index (χ1v) is 8.45. The highest BCUT2D eigenvalue weighted by atomic mass is 32.2. The van der Waals surface area contributed by atoms with Gasteiger partial charge in [-0.15, -0.1) is 0 Å². The molecule has 0 unspecified atom stereocenters. The van der Waals surface area contributed by atoms with Crippen molar-refractivity contribution in [3.05, 3.63) is 35.6 Å². The van der Waals surface area contributed by atoms with Crippen LogP contribution in [0.3, 0.4) is 0 Å². The average Bonchev–Trinajstić information content (AvgIpc) is 2.71. The molecule has 0 bridgehead atoms. The molecule has 104 valence electrons. The van der Waals surface area contributed by atoms with Crippen LogP contribution in [0.25, 0.3) is 11.0 Å². The Hall–Kier alpha value is -1.33. The standard InChI is InChI=1S/C14H19NO3S/c1-3-13-12(10-15-8-9-19(2,16)17)11-6-4-5-7-14(11)18-13/h4-7,15H,3,8-10H2,1-2H3. The van der Waals surface area contributed by atoms with E-state index in [9.17, 15) is 8.42 Å². The molecule has 0 saturated heterocycles. The Morgan fingerprint density at radius 1 is 1.26 bits per heavy atom. The van der Waals surface area contributed by atoms with Crippen molar-refractivity contribution >= 4 is 20.8 Å². The van der Waals surface area contributed by atoms with Gasteiger partial charge in [0.1, 0.15) is 21.2 Å². The fraction of sp³-hybridized carbons (Fsp3) is 0.429. The quantitative estimate of drug-likeness (QED) is 0.824. The van der Waals surface area contributed by atoms with Crippen LogP contribution in [0.5, 0.6) is 0 Å². The fourth-order valence-corrected chi connectivity index (χ4v) is 2.61. The van der Waals surface area contributed by atoms with E-state index in [0.717, 1.165) is 28.7 Å². The van der Waals surface area contributed by atoms with Crippen molar-refractivity contribution in [1.82, 2.24) is 5.32 Å². The minimum atomic E-state index is -2.91. The molecular formula is C14H19NO3S. The van der Waals surface area contributed by atoms with Crippen LogP contribution >= 0.6 is 0 Å².